The highest BCUT2D eigenvalue weighted by molar-refractivity contribution is 5.96. The molecule has 5 nitrogen and oxygen atoms in total. The number of nitrogens with zero attached hydrogens (tertiary/aromatic N) is 1. The second-order valence-corrected chi connectivity index (χ2v) is 4.21. The van der Waals surface area contributed by atoms with E-state index in [1.807, 2.05) is 19.0 Å². The fraction of sp³-hybridized carbons (Fsp3) is 0.462. The number of esters is 1. The van der Waals surface area contributed by atoms with E-state index in [4.69, 9.17) is 15.2 Å². The monoisotopic (exact) mass is 252 g/mol. The number of rotatable bonds is 6. The summed E-state index contributed by atoms with van der Waals surface area (Å²) in [5, 5.41) is 0. The van der Waals surface area contributed by atoms with Crippen LogP contribution in [0.5, 0.6) is 5.75 Å². The van der Waals surface area contributed by atoms with E-state index in [0.29, 0.717) is 23.6 Å². The highest BCUT2D eigenvalue weighted by Crippen LogP contribution is 2.25. The number of hydrogen-bond donors (Lipinski definition) is 1. The molecule has 1 aromatic carbocycles. The summed E-state index contributed by atoms with van der Waals surface area (Å²) in [5.41, 5.74) is 6.48. The predicted octanol–water partition coefficient (Wildman–Crippen LogP) is 1.39. The first-order valence-corrected chi connectivity index (χ1v) is 5.80. The molecule has 18 heavy (non-hydrogen) atoms. The Morgan fingerprint density at radius 3 is 2.72 bits per heavy atom. The molecule has 5 heteroatoms. The molecule has 0 heterocycles. The molecule has 1 rings (SSSR count). The van der Waals surface area contributed by atoms with Crippen LogP contribution in [0.4, 0.5) is 5.69 Å². The fourth-order valence-electron chi connectivity index (χ4n) is 1.52. The first-order chi connectivity index (χ1) is 8.56. The number of benzene rings is 1. The molecule has 2 N–H and O–H groups in total. The standard InChI is InChI=1S/C13H20N2O3/c1-15(2)8-5-9-18-13(16)10-6-4-7-11(17-3)12(10)14/h4,6-7H,5,8-9,14H2,1-3H3. The molecule has 0 unspecified atom stereocenters. The highest BCUT2D eigenvalue weighted by Gasteiger charge is 2.13. The molecule has 0 radical (unpaired) electrons. The van der Waals surface area contributed by atoms with E-state index in [1.165, 1.54) is 7.11 Å². The SMILES string of the molecule is COc1cccc(C(=O)OCCCN(C)C)c1N. The third-order valence-corrected chi connectivity index (χ3v) is 2.49. The van der Waals surface area contributed by atoms with Gasteiger partial charge in [0.25, 0.3) is 0 Å². The highest BCUT2D eigenvalue weighted by atomic mass is 16.5. The Morgan fingerprint density at radius 2 is 2.11 bits per heavy atom. The molecular weight excluding hydrogens is 232 g/mol. The van der Waals surface area contributed by atoms with Crippen LogP contribution in [-0.2, 0) is 4.74 Å². The van der Waals surface area contributed by atoms with Crippen molar-refractivity contribution in [2.45, 2.75) is 6.42 Å². The lowest BCUT2D eigenvalue weighted by Gasteiger charge is -2.11. The van der Waals surface area contributed by atoms with Gasteiger partial charge in [-0.1, -0.05) is 6.07 Å². The Labute approximate surface area is 107 Å². The molecule has 0 atom stereocenters. The van der Waals surface area contributed by atoms with Crippen molar-refractivity contribution in [3.8, 4) is 5.75 Å². The van der Waals surface area contributed by atoms with Crippen molar-refractivity contribution in [1.29, 1.82) is 0 Å². The molecule has 0 fully saturated rings. The van der Waals surface area contributed by atoms with Crippen molar-refractivity contribution in [3.63, 3.8) is 0 Å². The molecule has 0 aromatic heterocycles. The average molecular weight is 252 g/mol. The Hall–Kier alpha value is -1.75. The van der Waals surface area contributed by atoms with E-state index in [2.05, 4.69) is 0 Å². The van der Waals surface area contributed by atoms with Gasteiger partial charge in [0, 0.05) is 6.54 Å². The lowest BCUT2D eigenvalue weighted by molar-refractivity contribution is 0.0494. The minimum Gasteiger partial charge on any atom is -0.495 e. The molecule has 0 saturated carbocycles. The maximum atomic E-state index is 11.8. The summed E-state index contributed by atoms with van der Waals surface area (Å²) in [4.78, 5) is 13.8. The molecule has 0 aliphatic rings. The largest absolute Gasteiger partial charge is 0.495 e. The van der Waals surface area contributed by atoms with E-state index >= 15 is 0 Å². The van der Waals surface area contributed by atoms with Crippen molar-refractivity contribution < 1.29 is 14.3 Å². The Kier molecular flexibility index (Phi) is 5.45. The van der Waals surface area contributed by atoms with Gasteiger partial charge in [0.2, 0.25) is 0 Å². The van der Waals surface area contributed by atoms with Crippen LogP contribution in [0.25, 0.3) is 0 Å². The number of ether oxygens (including phenoxy) is 2. The Morgan fingerprint density at radius 1 is 1.39 bits per heavy atom. The van der Waals surface area contributed by atoms with Gasteiger partial charge in [0.05, 0.1) is 25.0 Å². The first-order valence-electron chi connectivity index (χ1n) is 5.80. The van der Waals surface area contributed by atoms with Crippen LogP contribution in [0.15, 0.2) is 18.2 Å². The lowest BCUT2D eigenvalue weighted by atomic mass is 10.1. The van der Waals surface area contributed by atoms with Crippen LogP contribution in [0.2, 0.25) is 0 Å². The third kappa shape index (κ3) is 3.92. The van der Waals surface area contributed by atoms with Gasteiger partial charge in [-0.25, -0.2) is 4.79 Å². The topological polar surface area (TPSA) is 64.8 Å². The zero-order valence-corrected chi connectivity index (χ0v) is 11.1. The maximum Gasteiger partial charge on any atom is 0.340 e. The second-order valence-electron chi connectivity index (χ2n) is 4.21. The van der Waals surface area contributed by atoms with Crippen molar-refractivity contribution in [3.05, 3.63) is 23.8 Å². The molecule has 0 saturated heterocycles. The van der Waals surface area contributed by atoms with Crippen LogP contribution >= 0.6 is 0 Å². The van der Waals surface area contributed by atoms with Gasteiger partial charge >= 0.3 is 5.97 Å². The van der Waals surface area contributed by atoms with Crippen molar-refractivity contribution >= 4 is 11.7 Å². The van der Waals surface area contributed by atoms with Crippen LogP contribution in [-0.4, -0.2) is 45.2 Å². The minimum absolute atomic E-state index is 0.317. The molecule has 0 bridgehead atoms. The third-order valence-electron chi connectivity index (χ3n) is 2.49. The van der Waals surface area contributed by atoms with Gasteiger partial charge < -0.3 is 20.1 Å². The van der Waals surface area contributed by atoms with Gasteiger partial charge in [-0.2, -0.15) is 0 Å². The number of hydrogen-bond acceptors (Lipinski definition) is 5. The van der Waals surface area contributed by atoms with Crippen LogP contribution < -0.4 is 10.5 Å². The van der Waals surface area contributed by atoms with Gasteiger partial charge in [-0.05, 0) is 32.6 Å². The van der Waals surface area contributed by atoms with E-state index in [-0.39, 0.29) is 0 Å². The number of anilines is 1. The van der Waals surface area contributed by atoms with E-state index in [0.717, 1.165) is 13.0 Å². The van der Waals surface area contributed by atoms with Crippen LogP contribution in [0, 0.1) is 0 Å². The van der Waals surface area contributed by atoms with E-state index in [9.17, 15) is 4.79 Å². The molecule has 1 aromatic rings. The summed E-state index contributed by atoms with van der Waals surface area (Å²) >= 11 is 0. The van der Waals surface area contributed by atoms with Gasteiger partial charge in [0.15, 0.2) is 0 Å². The van der Waals surface area contributed by atoms with Gasteiger partial charge in [-0.15, -0.1) is 0 Å². The normalized spacial score (nSPS) is 10.4. The minimum atomic E-state index is -0.412. The number of carbonyl (C=O) groups is 1. The maximum absolute atomic E-state index is 11.8. The smallest absolute Gasteiger partial charge is 0.340 e. The van der Waals surface area contributed by atoms with E-state index in [1.54, 1.807) is 18.2 Å². The summed E-state index contributed by atoms with van der Waals surface area (Å²) < 4.78 is 10.2. The first kappa shape index (κ1) is 14.3. The number of carbonyl (C=O) groups excluding carboxylic acids is 1. The zero-order chi connectivity index (χ0) is 13.5. The van der Waals surface area contributed by atoms with Crippen molar-refractivity contribution in [1.82, 2.24) is 4.90 Å². The quantitative estimate of drug-likeness (QED) is 0.471. The fourth-order valence-corrected chi connectivity index (χ4v) is 1.52. The van der Waals surface area contributed by atoms with Gasteiger partial charge in [0.1, 0.15) is 5.75 Å². The van der Waals surface area contributed by atoms with Gasteiger partial charge in [-0.3, -0.25) is 0 Å². The summed E-state index contributed by atoms with van der Waals surface area (Å²) in [6.07, 6.45) is 0.794. The number of nitrogen functional groups attached to an aromatic ring is 1. The molecule has 0 amide bonds. The zero-order valence-electron chi connectivity index (χ0n) is 11.1. The Balaban J connectivity index is 2.56. The number of nitrogens with two attached hydrogens (primary N) is 1. The van der Waals surface area contributed by atoms with Crippen LogP contribution in [0.1, 0.15) is 16.8 Å². The van der Waals surface area contributed by atoms with Crippen molar-refractivity contribution in [2.24, 2.45) is 0 Å². The van der Waals surface area contributed by atoms with Crippen LogP contribution in [0.3, 0.4) is 0 Å². The van der Waals surface area contributed by atoms with E-state index < -0.39 is 5.97 Å². The number of methoxy groups -OCH3 is 1. The number of para-hydroxylation sites is 1. The summed E-state index contributed by atoms with van der Waals surface area (Å²) in [6.45, 7) is 1.26. The predicted molar refractivity (Wildman–Crippen MR) is 70.9 cm³/mol. The lowest BCUT2D eigenvalue weighted by Crippen LogP contribution is -2.16. The summed E-state index contributed by atoms with van der Waals surface area (Å²) in [6, 6.07) is 5.05. The average Bonchev–Trinajstić information content (AvgIpc) is 2.34. The molecule has 0 aliphatic heterocycles. The summed E-state index contributed by atoms with van der Waals surface area (Å²) in [7, 11) is 5.46. The van der Waals surface area contributed by atoms with Crippen molar-refractivity contribution in [2.75, 3.05) is 40.1 Å². The second kappa shape index (κ2) is 6.86. The summed E-state index contributed by atoms with van der Waals surface area (Å²) in [5.74, 6) is 0.0721. The Bertz CT molecular complexity index is 405. The molecule has 100 valence electrons. The molecular formula is C13H20N2O3. The molecule has 0 aliphatic carbocycles. The molecule has 0 spiro atoms.